The summed E-state index contributed by atoms with van der Waals surface area (Å²) < 4.78 is 32.5. The Morgan fingerprint density at radius 2 is 2.20 bits per heavy atom. The van der Waals surface area contributed by atoms with Gasteiger partial charge in [-0.25, -0.2) is 9.78 Å². The first-order valence-corrected chi connectivity index (χ1v) is 7.87. The molecule has 1 aliphatic rings. The van der Waals surface area contributed by atoms with Crippen molar-refractivity contribution in [1.29, 1.82) is 0 Å². The summed E-state index contributed by atoms with van der Waals surface area (Å²) in [5, 5.41) is 9.76. The van der Waals surface area contributed by atoms with Crippen molar-refractivity contribution in [2.45, 2.75) is 32.2 Å². The number of hydrogen-bond donors (Lipinski definition) is 1. The van der Waals surface area contributed by atoms with Crippen LogP contribution in [-0.4, -0.2) is 38.0 Å². The second kappa shape index (κ2) is 6.27. The minimum atomic E-state index is -2.76. The SMILES string of the molecule is CC1(C)OC[C@H](c2ccc(Cl)c(-c3nccn3C(F)F)c2)N1C(=O)O. The van der Waals surface area contributed by atoms with E-state index in [-0.39, 0.29) is 17.5 Å². The monoisotopic (exact) mass is 371 g/mol. The molecule has 1 amide bonds. The Morgan fingerprint density at radius 1 is 1.48 bits per heavy atom. The van der Waals surface area contributed by atoms with Crippen molar-refractivity contribution in [1.82, 2.24) is 14.5 Å². The summed E-state index contributed by atoms with van der Waals surface area (Å²) in [5.41, 5.74) is -0.0896. The van der Waals surface area contributed by atoms with Crippen LogP contribution >= 0.6 is 11.6 Å². The van der Waals surface area contributed by atoms with Gasteiger partial charge in [-0.15, -0.1) is 0 Å². The lowest BCUT2D eigenvalue weighted by molar-refractivity contribution is -0.0420. The molecule has 0 radical (unpaired) electrons. The summed E-state index contributed by atoms with van der Waals surface area (Å²) >= 11 is 6.17. The second-order valence-corrected chi connectivity index (χ2v) is 6.51. The van der Waals surface area contributed by atoms with Crippen LogP contribution in [0.2, 0.25) is 5.02 Å². The van der Waals surface area contributed by atoms with Crippen molar-refractivity contribution in [3.05, 3.63) is 41.2 Å². The third kappa shape index (κ3) is 3.07. The molecule has 2 heterocycles. The van der Waals surface area contributed by atoms with Crippen LogP contribution in [0.1, 0.15) is 32.0 Å². The molecule has 0 aliphatic carbocycles. The molecule has 3 rings (SSSR count). The van der Waals surface area contributed by atoms with Crippen LogP contribution in [-0.2, 0) is 4.74 Å². The molecule has 6 nitrogen and oxygen atoms in total. The molecule has 134 valence electrons. The molecule has 1 saturated heterocycles. The van der Waals surface area contributed by atoms with E-state index in [4.69, 9.17) is 16.3 Å². The van der Waals surface area contributed by atoms with Crippen LogP contribution in [0, 0.1) is 0 Å². The fourth-order valence-corrected chi connectivity index (χ4v) is 3.21. The van der Waals surface area contributed by atoms with Gasteiger partial charge in [0.25, 0.3) is 0 Å². The largest absolute Gasteiger partial charge is 0.465 e. The Bertz CT molecular complexity index is 810. The van der Waals surface area contributed by atoms with E-state index in [2.05, 4.69) is 4.98 Å². The fourth-order valence-electron chi connectivity index (χ4n) is 3.01. The maximum absolute atomic E-state index is 13.1. The summed E-state index contributed by atoms with van der Waals surface area (Å²) in [6.07, 6.45) is 1.29. The summed E-state index contributed by atoms with van der Waals surface area (Å²) in [5.74, 6) is 0.0156. The number of nitrogens with zero attached hydrogens (tertiary/aromatic N) is 3. The maximum atomic E-state index is 13.1. The van der Waals surface area contributed by atoms with Crippen molar-refractivity contribution in [3.8, 4) is 11.4 Å². The van der Waals surface area contributed by atoms with Crippen LogP contribution in [0.4, 0.5) is 13.6 Å². The first kappa shape index (κ1) is 17.6. The lowest BCUT2D eigenvalue weighted by atomic mass is 10.0. The molecule has 1 atom stereocenters. The van der Waals surface area contributed by atoms with Gasteiger partial charge in [0.2, 0.25) is 0 Å². The van der Waals surface area contributed by atoms with Crippen LogP contribution < -0.4 is 0 Å². The minimum absolute atomic E-state index is 0.0156. The smallest absolute Gasteiger partial charge is 0.410 e. The van der Waals surface area contributed by atoms with Crippen LogP contribution in [0.3, 0.4) is 0 Å². The van der Waals surface area contributed by atoms with Crippen LogP contribution in [0.25, 0.3) is 11.4 Å². The first-order valence-electron chi connectivity index (χ1n) is 7.49. The van der Waals surface area contributed by atoms with Crippen LogP contribution in [0.5, 0.6) is 0 Å². The molecular formula is C16H16ClF2N3O3. The van der Waals surface area contributed by atoms with Gasteiger partial charge in [-0.05, 0) is 31.5 Å². The third-order valence-corrected chi connectivity index (χ3v) is 4.52. The number of imidazole rings is 1. The highest BCUT2D eigenvalue weighted by Gasteiger charge is 2.44. The van der Waals surface area contributed by atoms with Crippen molar-refractivity contribution < 1.29 is 23.4 Å². The minimum Gasteiger partial charge on any atom is -0.465 e. The third-order valence-electron chi connectivity index (χ3n) is 4.19. The standard InChI is InChI=1S/C16H16ClF2N3O3/c1-16(2)22(15(23)24)12(8-25-16)9-3-4-11(17)10(7-9)13-20-5-6-21(13)14(18)19/h3-7,12,14H,8H2,1-2H3,(H,23,24)/t12-/m1/s1. The van der Waals surface area contributed by atoms with Gasteiger partial charge in [-0.2, -0.15) is 8.78 Å². The van der Waals surface area contributed by atoms with Crippen molar-refractivity contribution >= 4 is 17.7 Å². The molecule has 1 aromatic carbocycles. The summed E-state index contributed by atoms with van der Waals surface area (Å²) in [6.45, 7) is 0.702. The zero-order chi connectivity index (χ0) is 18.4. The first-order chi connectivity index (χ1) is 11.7. The van der Waals surface area contributed by atoms with Gasteiger partial charge in [0.05, 0.1) is 17.7 Å². The molecule has 2 aromatic rings. The Morgan fingerprint density at radius 3 is 2.84 bits per heavy atom. The van der Waals surface area contributed by atoms with Gasteiger partial charge in [-0.3, -0.25) is 9.47 Å². The van der Waals surface area contributed by atoms with E-state index in [0.717, 1.165) is 6.20 Å². The molecule has 0 saturated carbocycles. The number of hydrogen-bond acceptors (Lipinski definition) is 3. The molecule has 1 N–H and O–H groups in total. The van der Waals surface area contributed by atoms with E-state index >= 15 is 0 Å². The van der Waals surface area contributed by atoms with Gasteiger partial charge >= 0.3 is 12.6 Å². The molecular weight excluding hydrogens is 356 g/mol. The molecule has 9 heteroatoms. The Kier molecular flexibility index (Phi) is 4.42. The number of halogens is 3. The number of amides is 1. The van der Waals surface area contributed by atoms with E-state index in [1.54, 1.807) is 32.0 Å². The van der Waals surface area contributed by atoms with Crippen molar-refractivity contribution in [2.75, 3.05) is 6.61 Å². The number of carboxylic acid groups (broad SMARTS) is 1. The quantitative estimate of drug-likeness (QED) is 0.869. The van der Waals surface area contributed by atoms with E-state index in [1.165, 1.54) is 11.1 Å². The number of aromatic nitrogens is 2. The zero-order valence-electron chi connectivity index (χ0n) is 13.5. The average molecular weight is 372 g/mol. The highest BCUT2D eigenvalue weighted by atomic mass is 35.5. The molecule has 25 heavy (non-hydrogen) atoms. The number of alkyl halides is 2. The van der Waals surface area contributed by atoms with Gasteiger partial charge in [0.1, 0.15) is 11.5 Å². The predicted molar refractivity (Wildman–Crippen MR) is 86.6 cm³/mol. The van der Waals surface area contributed by atoms with Gasteiger partial charge in [0.15, 0.2) is 0 Å². The van der Waals surface area contributed by atoms with Gasteiger partial charge in [0, 0.05) is 18.0 Å². The van der Waals surface area contributed by atoms with E-state index in [9.17, 15) is 18.7 Å². The molecule has 1 aliphatic heterocycles. The average Bonchev–Trinajstić information content (AvgIpc) is 3.11. The van der Waals surface area contributed by atoms with E-state index in [0.29, 0.717) is 15.7 Å². The zero-order valence-corrected chi connectivity index (χ0v) is 14.2. The van der Waals surface area contributed by atoms with Crippen molar-refractivity contribution in [2.24, 2.45) is 0 Å². The number of rotatable bonds is 3. The summed E-state index contributed by atoms with van der Waals surface area (Å²) in [6, 6.07) is 4.21. The second-order valence-electron chi connectivity index (χ2n) is 6.10. The summed E-state index contributed by atoms with van der Waals surface area (Å²) in [7, 11) is 0. The van der Waals surface area contributed by atoms with Crippen LogP contribution in [0.15, 0.2) is 30.6 Å². The highest BCUT2D eigenvalue weighted by Crippen LogP contribution is 2.39. The van der Waals surface area contributed by atoms with Gasteiger partial charge < -0.3 is 9.84 Å². The number of ether oxygens (including phenoxy) is 1. The van der Waals surface area contributed by atoms with Gasteiger partial charge in [-0.1, -0.05) is 17.7 Å². The number of benzene rings is 1. The normalized spacial score (nSPS) is 19.6. The maximum Gasteiger partial charge on any atom is 0.410 e. The lowest BCUT2D eigenvalue weighted by Crippen LogP contribution is -2.44. The molecule has 0 spiro atoms. The Labute approximate surface area is 147 Å². The Balaban J connectivity index is 2.06. The lowest BCUT2D eigenvalue weighted by Gasteiger charge is -2.31. The molecule has 1 aromatic heterocycles. The topological polar surface area (TPSA) is 67.6 Å². The highest BCUT2D eigenvalue weighted by molar-refractivity contribution is 6.33. The summed E-state index contributed by atoms with van der Waals surface area (Å²) in [4.78, 5) is 16.8. The molecule has 1 fully saturated rings. The molecule has 0 unspecified atom stereocenters. The van der Waals surface area contributed by atoms with E-state index < -0.39 is 24.4 Å². The Hall–Kier alpha value is -2.19. The van der Waals surface area contributed by atoms with E-state index in [1.807, 2.05) is 0 Å². The molecule has 0 bridgehead atoms. The fraction of sp³-hybridized carbons (Fsp3) is 0.375. The predicted octanol–water partition coefficient (Wildman–Crippen LogP) is 4.39. The number of carbonyl (C=O) groups is 1. The van der Waals surface area contributed by atoms with Crippen molar-refractivity contribution in [3.63, 3.8) is 0 Å².